The molecular formula is C8H10F4N2. The summed E-state index contributed by atoms with van der Waals surface area (Å²) < 4.78 is 52.4. The number of halogens is 4. The highest BCUT2D eigenvalue weighted by Crippen LogP contribution is 2.41. The van der Waals surface area contributed by atoms with E-state index in [9.17, 15) is 17.6 Å². The molecule has 1 rings (SSSR count). The van der Waals surface area contributed by atoms with Gasteiger partial charge in [-0.2, -0.15) is 0 Å². The van der Waals surface area contributed by atoms with Crippen LogP contribution in [0.25, 0.3) is 0 Å². The van der Waals surface area contributed by atoms with Gasteiger partial charge in [0.25, 0.3) is 0 Å². The molecule has 1 aliphatic rings. The van der Waals surface area contributed by atoms with Crippen molar-refractivity contribution in [1.82, 2.24) is 0 Å². The zero-order valence-corrected chi connectivity index (χ0v) is 7.24. The molecule has 1 aliphatic carbocycles. The zero-order valence-electron chi connectivity index (χ0n) is 7.24. The highest BCUT2D eigenvalue weighted by atomic mass is 19.2. The minimum atomic E-state index is -2.73. The predicted octanol–water partition coefficient (Wildman–Crippen LogP) is 1.25. The molecule has 80 valence electrons. The minimum absolute atomic E-state index is 0.161. The lowest BCUT2D eigenvalue weighted by Gasteiger charge is -2.32. The lowest BCUT2D eigenvalue weighted by Crippen LogP contribution is -2.46. The number of rotatable bonds is 2. The first kappa shape index (κ1) is 11.2. The fourth-order valence-corrected chi connectivity index (χ4v) is 1.36. The van der Waals surface area contributed by atoms with Crippen molar-refractivity contribution in [3.63, 3.8) is 0 Å². The summed E-state index contributed by atoms with van der Waals surface area (Å²) in [6.45, 7) is -1.33. The molecule has 0 bridgehead atoms. The Morgan fingerprint density at radius 3 is 2.29 bits per heavy atom. The van der Waals surface area contributed by atoms with Gasteiger partial charge in [-0.05, 0) is 0 Å². The van der Waals surface area contributed by atoms with Crippen molar-refractivity contribution >= 4 is 0 Å². The number of allylic oxidation sites excluding steroid dienone is 2. The number of hydrogen-bond donors (Lipinski definition) is 2. The van der Waals surface area contributed by atoms with Gasteiger partial charge in [-0.3, -0.25) is 0 Å². The van der Waals surface area contributed by atoms with Crippen molar-refractivity contribution < 1.29 is 17.6 Å². The van der Waals surface area contributed by atoms with Gasteiger partial charge < -0.3 is 11.5 Å². The molecule has 0 radical (unpaired) electrons. The van der Waals surface area contributed by atoms with E-state index in [4.69, 9.17) is 11.5 Å². The smallest absolute Gasteiger partial charge is 0.184 e. The van der Waals surface area contributed by atoms with Gasteiger partial charge in [0, 0.05) is 19.2 Å². The standard InChI is InChI=1S/C8H10F4N2/c9-5-1-6(10)8(12,3-14)4(2-13)7(5)11/h1,4H,2-3,13-14H2. The van der Waals surface area contributed by atoms with Crippen LogP contribution in [0.15, 0.2) is 23.6 Å². The van der Waals surface area contributed by atoms with E-state index in [0.717, 1.165) is 0 Å². The number of alkyl halides is 1. The summed E-state index contributed by atoms with van der Waals surface area (Å²) in [5, 5.41) is 0. The van der Waals surface area contributed by atoms with Crippen molar-refractivity contribution in [3.8, 4) is 0 Å². The van der Waals surface area contributed by atoms with Gasteiger partial charge in [0.1, 0.15) is 11.7 Å². The highest BCUT2D eigenvalue weighted by Gasteiger charge is 2.48. The lowest BCUT2D eigenvalue weighted by atomic mass is 9.83. The topological polar surface area (TPSA) is 52.0 Å². The molecule has 0 spiro atoms. The summed E-state index contributed by atoms with van der Waals surface area (Å²) in [6.07, 6.45) is 0.161. The van der Waals surface area contributed by atoms with Crippen molar-refractivity contribution in [2.75, 3.05) is 13.1 Å². The van der Waals surface area contributed by atoms with Crippen LogP contribution in [0.1, 0.15) is 0 Å². The van der Waals surface area contributed by atoms with E-state index in [1.165, 1.54) is 0 Å². The van der Waals surface area contributed by atoms with Crippen molar-refractivity contribution in [3.05, 3.63) is 23.6 Å². The largest absolute Gasteiger partial charge is 0.330 e. The molecule has 0 aromatic rings. The maximum atomic E-state index is 13.7. The lowest BCUT2D eigenvalue weighted by molar-refractivity contribution is 0.105. The van der Waals surface area contributed by atoms with Crippen LogP contribution in [0.5, 0.6) is 0 Å². The maximum absolute atomic E-state index is 13.7. The van der Waals surface area contributed by atoms with E-state index in [1.807, 2.05) is 0 Å². The van der Waals surface area contributed by atoms with E-state index in [0.29, 0.717) is 0 Å². The average Bonchev–Trinajstić information content (AvgIpc) is 2.16. The Morgan fingerprint density at radius 1 is 1.29 bits per heavy atom. The first-order valence-corrected chi connectivity index (χ1v) is 3.99. The summed E-state index contributed by atoms with van der Waals surface area (Å²) in [4.78, 5) is 0. The van der Waals surface area contributed by atoms with Crippen LogP contribution < -0.4 is 11.5 Å². The molecule has 0 saturated carbocycles. The Bertz CT molecular complexity index is 300. The summed E-state index contributed by atoms with van der Waals surface area (Å²) >= 11 is 0. The molecule has 2 atom stereocenters. The molecule has 0 fully saturated rings. The monoisotopic (exact) mass is 210 g/mol. The second-order valence-electron chi connectivity index (χ2n) is 3.04. The summed E-state index contributed by atoms with van der Waals surface area (Å²) in [7, 11) is 0. The second-order valence-corrected chi connectivity index (χ2v) is 3.04. The maximum Gasteiger partial charge on any atom is 0.184 e. The van der Waals surface area contributed by atoms with Gasteiger partial charge in [0.15, 0.2) is 11.5 Å². The van der Waals surface area contributed by atoms with Crippen LogP contribution >= 0.6 is 0 Å². The van der Waals surface area contributed by atoms with Crippen molar-refractivity contribution in [2.24, 2.45) is 17.4 Å². The van der Waals surface area contributed by atoms with Crippen LogP contribution in [-0.4, -0.2) is 18.8 Å². The van der Waals surface area contributed by atoms with E-state index in [-0.39, 0.29) is 6.08 Å². The number of hydrogen-bond acceptors (Lipinski definition) is 2. The van der Waals surface area contributed by atoms with Gasteiger partial charge in [-0.1, -0.05) is 0 Å². The summed E-state index contributed by atoms with van der Waals surface area (Å²) in [5.74, 6) is -5.92. The van der Waals surface area contributed by atoms with Crippen molar-refractivity contribution in [2.45, 2.75) is 5.67 Å². The minimum Gasteiger partial charge on any atom is -0.330 e. The first-order valence-electron chi connectivity index (χ1n) is 3.99. The third kappa shape index (κ3) is 1.44. The van der Waals surface area contributed by atoms with Crippen molar-refractivity contribution in [1.29, 1.82) is 0 Å². The molecule has 0 heterocycles. The SMILES string of the molecule is NCC1C(F)=C(F)C=C(F)C1(F)CN. The first-order chi connectivity index (χ1) is 6.47. The summed E-state index contributed by atoms with van der Waals surface area (Å²) in [6, 6.07) is 0. The van der Waals surface area contributed by atoms with Crippen LogP contribution in [-0.2, 0) is 0 Å². The predicted molar refractivity (Wildman–Crippen MR) is 43.9 cm³/mol. The quantitative estimate of drug-likeness (QED) is 0.674. The van der Waals surface area contributed by atoms with Gasteiger partial charge >= 0.3 is 0 Å². The van der Waals surface area contributed by atoms with Gasteiger partial charge in [-0.15, -0.1) is 0 Å². The molecule has 0 aliphatic heterocycles. The highest BCUT2D eigenvalue weighted by molar-refractivity contribution is 5.34. The molecule has 2 unspecified atom stereocenters. The molecular weight excluding hydrogens is 200 g/mol. The van der Waals surface area contributed by atoms with Gasteiger partial charge in [0.2, 0.25) is 0 Å². The van der Waals surface area contributed by atoms with Gasteiger partial charge in [0.05, 0.1) is 5.92 Å². The van der Waals surface area contributed by atoms with Crippen LogP contribution in [0.3, 0.4) is 0 Å². The fourth-order valence-electron chi connectivity index (χ4n) is 1.36. The van der Waals surface area contributed by atoms with Crippen LogP contribution in [0.2, 0.25) is 0 Å². The Hall–Kier alpha value is -0.880. The van der Waals surface area contributed by atoms with Crippen LogP contribution in [0, 0.1) is 5.92 Å². The summed E-state index contributed by atoms with van der Waals surface area (Å²) in [5.41, 5.74) is 7.29. The Kier molecular flexibility index (Phi) is 2.96. The molecule has 0 amide bonds. The second kappa shape index (κ2) is 3.70. The zero-order chi connectivity index (χ0) is 10.9. The fraction of sp³-hybridized carbons (Fsp3) is 0.500. The molecule has 0 aromatic heterocycles. The normalized spacial score (nSPS) is 33.3. The third-order valence-electron chi connectivity index (χ3n) is 2.27. The Labute approximate surface area is 78.3 Å². The average molecular weight is 210 g/mol. The number of nitrogens with two attached hydrogens (primary N) is 2. The van der Waals surface area contributed by atoms with E-state index in [2.05, 4.69) is 0 Å². The van der Waals surface area contributed by atoms with E-state index in [1.54, 1.807) is 0 Å². The molecule has 0 saturated heterocycles. The van der Waals surface area contributed by atoms with Crippen LogP contribution in [0.4, 0.5) is 17.6 Å². The molecule has 0 aromatic carbocycles. The van der Waals surface area contributed by atoms with E-state index >= 15 is 0 Å². The molecule has 2 nitrogen and oxygen atoms in total. The Morgan fingerprint density at radius 2 is 1.86 bits per heavy atom. The van der Waals surface area contributed by atoms with E-state index < -0.39 is 42.2 Å². The van der Waals surface area contributed by atoms with Gasteiger partial charge in [-0.25, -0.2) is 17.6 Å². The molecule has 14 heavy (non-hydrogen) atoms. The molecule has 4 N–H and O–H groups in total. The third-order valence-corrected chi connectivity index (χ3v) is 2.27. The Balaban J connectivity index is 3.19. The molecule has 6 heteroatoms.